The van der Waals surface area contributed by atoms with E-state index in [0.29, 0.717) is 11.5 Å². The van der Waals surface area contributed by atoms with E-state index < -0.39 is 30.0 Å². The van der Waals surface area contributed by atoms with Gasteiger partial charge in [-0.15, -0.1) is 5.10 Å². The number of amides is 1. The number of rotatable bonds is 3. The Morgan fingerprint density at radius 2 is 2.00 bits per heavy atom. The molecule has 106 valence electrons. The van der Waals surface area contributed by atoms with Crippen LogP contribution in [0, 0.1) is 0 Å². The van der Waals surface area contributed by atoms with Crippen LogP contribution in [-0.2, 0) is 12.9 Å². The molecule has 2 rings (SSSR count). The fraction of sp³-hybridized carbons (Fsp3) is 0.182. The summed E-state index contributed by atoms with van der Waals surface area (Å²) in [6, 6.07) is 4.52. The van der Waals surface area contributed by atoms with Crippen LogP contribution in [0.4, 0.5) is 23.2 Å². The van der Waals surface area contributed by atoms with Gasteiger partial charge in [-0.1, -0.05) is 16.6 Å². The van der Waals surface area contributed by atoms with E-state index in [9.17, 15) is 22.4 Å². The average molecular weight is 305 g/mol. The molecule has 0 saturated carbocycles. The maximum Gasteiger partial charge on any atom is 0.418 e. The third-order valence-corrected chi connectivity index (χ3v) is 3.14. The topological polar surface area (TPSA) is 54.9 Å². The summed E-state index contributed by atoms with van der Waals surface area (Å²) < 4.78 is 54.2. The largest absolute Gasteiger partial charge is 0.418 e. The Morgan fingerprint density at radius 1 is 1.30 bits per heavy atom. The van der Waals surface area contributed by atoms with Crippen molar-refractivity contribution in [1.82, 2.24) is 9.59 Å². The molecule has 0 radical (unpaired) electrons. The average Bonchev–Trinajstić information content (AvgIpc) is 2.86. The summed E-state index contributed by atoms with van der Waals surface area (Å²) in [6.45, 7) is -1.01. The molecule has 0 aliphatic carbocycles. The van der Waals surface area contributed by atoms with Gasteiger partial charge in [0.15, 0.2) is 0 Å². The van der Waals surface area contributed by atoms with Gasteiger partial charge in [0.25, 0.3) is 5.91 Å². The number of aromatic nitrogens is 2. The number of alkyl halides is 4. The summed E-state index contributed by atoms with van der Waals surface area (Å²) in [5, 5.41) is 5.48. The Hall–Kier alpha value is -2.03. The number of hydrogen-bond donors (Lipinski definition) is 1. The second-order valence-electron chi connectivity index (χ2n) is 3.68. The molecule has 4 nitrogen and oxygen atoms in total. The summed E-state index contributed by atoms with van der Waals surface area (Å²) in [5.41, 5.74) is -1.58. The van der Waals surface area contributed by atoms with Crippen molar-refractivity contribution in [3.8, 4) is 0 Å². The number of nitrogens with one attached hydrogen (secondary N) is 1. The van der Waals surface area contributed by atoms with Gasteiger partial charge >= 0.3 is 6.18 Å². The summed E-state index contributed by atoms with van der Waals surface area (Å²) >= 11 is 0.620. The van der Waals surface area contributed by atoms with Gasteiger partial charge in [0.2, 0.25) is 0 Å². The highest BCUT2D eigenvalue weighted by atomic mass is 32.1. The molecule has 0 spiro atoms. The molecule has 1 heterocycles. The molecule has 0 atom stereocenters. The van der Waals surface area contributed by atoms with Crippen molar-refractivity contribution in [2.75, 3.05) is 5.32 Å². The van der Waals surface area contributed by atoms with E-state index in [1.165, 1.54) is 12.1 Å². The number of halogens is 4. The van der Waals surface area contributed by atoms with Crippen LogP contribution >= 0.6 is 11.5 Å². The first-order valence-electron chi connectivity index (χ1n) is 5.28. The van der Waals surface area contributed by atoms with Crippen LogP contribution in [0.5, 0.6) is 0 Å². The van der Waals surface area contributed by atoms with E-state index in [4.69, 9.17) is 0 Å². The number of carbonyl (C=O) groups excluding carboxylic acids is 1. The second kappa shape index (κ2) is 5.53. The van der Waals surface area contributed by atoms with Gasteiger partial charge < -0.3 is 5.32 Å². The number of benzene rings is 1. The van der Waals surface area contributed by atoms with Crippen molar-refractivity contribution in [1.29, 1.82) is 0 Å². The maximum absolute atomic E-state index is 12.8. The van der Waals surface area contributed by atoms with Gasteiger partial charge in [-0.2, -0.15) is 13.2 Å². The second-order valence-corrected chi connectivity index (χ2v) is 4.43. The van der Waals surface area contributed by atoms with Crippen LogP contribution < -0.4 is 5.32 Å². The molecule has 0 bridgehead atoms. The lowest BCUT2D eigenvalue weighted by molar-refractivity contribution is -0.136. The minimum Gasteiger partial charge on any atom is -0.321 e. The standard InChI is InChI=1S/C11H7F4N3OS/c12-5-8-9(20-18-17-8)10(19)16-7-4-2-1-3-6(7)11(13,14)15/h1-4H,5H2,(H,16,19). The van der Waals surface area contributed by atoms with Crippen molar-refractivity contribution in [2.45, 2.75) is 12.9 Å². The molecule has 1 amide bonds. The van der Waals surface area contributed by atoms with E-state index in [1.807, 2.05) is 0 Å². The van der Waals surface area contributed by atoms with Crippen LogP contribution in [0.25, 0.3) is 0 Å². The number of carbonyl (C=O) groups is 1. The maximum atomic E-state index is 12.8. The van der Waals surface area contributed by atoms with E-state index in [-0.39, 0.29) is 10.6 Å². The zero-order chi connectivity index (χ0) is 14.8. The van der Waals surface area contributed by atoms with Crippen molar-refractivity contribution >= 4 is 23.1 Å². The van der Waals surface area contributed by atoms with Gasteiger partial charge in [-0.05, 0) is 23.7 Å². The summed E-state index contributed by atoms with van der Waals surface area (Å²) in [7, 11) is 0. The summed E-state index contributed by atoms with van der Waals surface area (Å²) in [6.07, 6.45) is -4.60. The van der Waals surface area contributed by atoms with E-state index in [0.717, 1.165) is 12.1 Å². The molecule has 0 aliphatic rings. The lowest BCUT2D eigenvalue weighted by atomic mass is 10.1. The molecule has 1 aromatic heterocycles. The summed E-state index contributed by atoms with van der Waals surface area (Å²) in [4.78, 5) is 11.7. The molecule has 0 unspecified atom stereocenters. The van der Waals surface area contributed by atoms with Gasteiger partial charge in [-0.3, -0.25) is 4.79 Å². The Morgan fingerprint density at radius 3 is 2.65 bits per heavy atom. The van der Waals surface area contributed by atoms with Crippen molar-refractivity contribution in [3.05, 3.63) is 40.4 Å². The number of nitrogens with zero attached hydrogens (tertiary/aromatic N) is 2. The lowest BCUT2D eigenvalue weighted by Crippen LogP contribution is -2.16. The van der Waals surface area contributed by atoms with Gasteiger partial charge in [0.05, 0.1) is 11.3 Å². The molecule has 0 saturated heterocycles. The minimum absolute atomic E-state index is 0.149. The van der Waals surface area contributed by atoms with Crippen molar-refractivity contribution in [2.24, 2.45) is 0 Å². The zero-order valence-electron chi connectivity index (χ0n) is 9.74. The predicted molar refractivity (Wildman–Crippen MR) is 64.1 cm³/mol. The Labute approximate surface area is 114 Å². The van der Waals surface area contributed by atoms with Crippen molar-refractivity contribution in [3.63, 3.8) is 0 Å². The Bertz CT molecular complexity index is 626. The lowest BCUT2D eigenvalue weighted by Gasteiger charge is -2.12. The molecule has 9 heteroatoms. The summed E-state index contributed by atoms with van der Waals surface area (Å²) in [5.74, 6) is -0.871. The van der Waals surface area contributed by atoms with E-state index >= 15 is 0 Å². The molecule has 0 fully saturated rings. The highest BCUT2D eigenvalue weighted by molar-refractivity contribution is 7.08. The SMILES string of the molecule is O=C(Nc1ccccc1C(F)(F)F)c1snnc1CF. The van der Waals surface area contributed by atoms with Gasteiger partial charge in [0.1, 0.15) is 17.2 Å². The highest BCUT2D eigenvalue weighted by Gasteiger charge is 2.33. The smallest absolute Gasteiger partial charge is 0.321 e. The fourth-order valence-electron chi connectivity index (χ4n) is 1.49. The van der Waals surface area contributed by atoms with Crippen LogP contribution in [0.1, 0.15) is 20.9 Å². The molecule has 2 aromatic rings. The molecule has 1 aromatic carbocycles. The van der Waals surface area contributed by atoms with Gasteiger partial charge in [0, 0.05) is 0 Å². The number of anilines is 1. The van der Waals surface area contributed by atoms with Crippen LogP contribution in [0.15, 0.2) is 24.3 Å². The Kier molecular flexibility index (Phi) is 3.98. The van der Waals surface area contributed by atoms with Crippen LogP contribution in [0.3, 0.4) is 0 Å². The first-order valence-corrected chi connectivity index (χ1v) is 6.05. The molecular formula is C11H7F4N3OS. The van der Waals surface area contributed by atoms with E-state index in [2.05, 4.69) is 14.9 Å². The predicted octanol–water partition coefficient (Wildman–Crippen LogP) is 3.28. The first kappa shape index (κ1) is 14.4. The molecule has 20 heavy (non-hydrogen) atoms. The van der Waals surface area contributed by atoms with Crippen molar-refractivity contribution < 1.29 is 22.4 Å². The van der Waals surface area contributed by atoms with Gasteiger partial charge in [-0.25, -0.2) is 4.39 Å². The van der Waals surface area contributed by atoms with Crippen LogP contribution in [-0.4, -0.2) is 15.5 Å². The fourth-order valence-corrected chi connectivity index (χ4v) is 2.04. The zero-order valence-corrected chi connectivity index (χ0v) is 10.6. The highest BCUT2D eigenvalue weighted by Crippen LogP contribution is 2.34. The van der Waals surface area contributed by atoms with E-state index in [1.54, 1.807) is 0 Å². The normalized spacial score (nSPS) is 11.4. The Balaban J connectivity index is 2.29. The monoisotopic (exact) mass is 305 g/mol. The number of para-hydroxylation sites is 1. The quantitative estimate of drug-likeness (QED) is 0.885. The van der Waals surface area contributed by atoms with Crippen LogP contribution in [0.2, 0.25) is 0 Å². The first-order chi connectivity index (χ1) is 9.43. The number of hydrogen-bond acceptors (Lipinski definition) is 4. The molecule has 0 aliphatic heterocycles. The molecular weight excluding hydrogens is 298 g/mol. The third-order valence-electron chi connectivity index (χ3n) is 2.37. The minimum atomic E-state index is -4.60. The molecule has 1 N–H and O–H groups in total. The third kappa shape index (κ3) is 2.93.